The van der Waals surface area contributed by atoms with E-state index in [2.05, 4.69) is 44.8 Å². The van der Waals surface area contributed by atoms with Gasteiger partial charge in [-0.1, -0.05) is 34.6 Å². The van der Waals surface area contributed by atoms with Gasteiger partial charge >= 0.3 is 0 Å². The second-order valence-electron chi connectivity index (χ2n) is 8.33. The van der Waals surface area contributed by atoms with Gasteiger partial charge in [-0.05, 0) is 69.0 Å². The van der Waals surface area contributed by atoms with Crippen LogP contribution in [0.2, 0.25) is 0 Å². The maximum Gasteiger partial charge on any atom is 0.0252 e. The molecule has 3 unspecified atom stereocenters. The molecule has 2 heteroatoms. The van der Waals surface area contributed by atoms with Crippen LogP contribution in [0.25, 0.3) is 0 Å². The molecule has 2 aliphatic rings. The molecule has 2 nitrogen and oxygen atoms in total. The van der Waals surface area contributed by atoms with Gasteiger partial charge in [-0.15, -0.1) is 0 Å². The number of hydrogen-bond acceptors (Lipinski definition) is 2. The fourth-order valence-corrected chi connectivity index (χ4v) is 4.20. The molecule has 2 rings (SSSR count). The summed E-state index contributed by atoms with van der Waals surface area (Å²) in [7, 11) is 0. The lowest BCUT2D eigenvalue weighted by atomic mass is 9.69. The first-order chi connectivity index (χ1) is 9.41. The van der Waals surface area contributed by atoms with Gasteiger partial charge in [0.25, 0.3) is 0 Å². The summed E-state index contributed by atoms with van der Waals surface area (Å²) in [6, 6.07) is 1.51. The molecule has 1 N–H and O–H groups in total. The van der Waals surface area contributed by atoms with Crippen molar-refractivity contribution in [3.8, 4) is 0 Å². The Balaban J connectivity index is 2.02. The maximum absolute atomic E-state index is 3.77. The number of piperidine rings is 1. The van der Waals surface area contributed by atoms with Gasteiger partial charge in [0.15, 0.2) is 0 Å². The minimum Gasteiger partial charge on any atom is -0.313 e. The Morgan fingerprint density at radius 3 is 2.25 bits per heavy atom. The Kier molecular flexibility index (Phi) is 5.53. The van der Waals surface area contributed by atoms with Crippen molar-refractivity contribution in [2.24, 2.45) is 17.3 Å². The molecule has 2 fully saturated rings. The van der Waals surface area contributed by atoms with Gasteiger partial charge in [-0.2, -0.15) is 0 Å². The summed E-state index contributed by atoms with van der Waals surface area (Å²) in [6.07, 6.45) is 6.97. The van der Waals surface area contributed by atoms with Gasteiger partial charge in [-0.3, -0.25) is 4.90 Å². The molecule has 0 aromatic heterocycles. The average Bonchev–Trinajstić information content (AvgIpc) is 2.39. The number of hydrogen-bond donors (Lipinski definition) is 1. The van der Waals surface area contributed by atoms with Crippen LogP contribution in [0.1, 0.15) is 66.7 Å². The molecule has 0 bridgehead atoms. The van der Waals surface area contributed by atoms with Gasteiger partial charge in [0, 0.05) is 12.1 Å². The molecule has 20 heavy (non-hydrogen) atoms. The number of nitrogens with zero attached hydrogens (tertiary/aromatic N) is 1. The molecular weight excluding hydrogens is 244 g/mol. The highest BCUT2D eigenvalue weighted by atomic mass is 15.2. The van der Waals surface area contributed by atoms with Crippen molar-refractivity contribution in [2.45, 2.75) is 78.8 Å². The van der Waals surface area contributed by atoms with Gasteiger partial charge < -0.3 is 5.32 Å². The Hall–Kier alpha value is -0.0800. The van der Waals surface area contributed by atoms with Crippen molar-refractivity contribution in [2.75, 3.05) is 19.6 Å². The van der Waals surface area contributed by atoms with Crippen molar-refractivity contribution in [3.63, 3.8) is 0 Å². The van der Waals surface area contributed by atoms with Gasteiger partial charge in [0.05, 0.1) is 0 Å². The SMILES string of the molecule is CCNC1CCC(C(C)(C)C)CC1N1CCC(C)CC1. The number of nitrogens with one attached hydrogen (secondary N) is 1. The van der Waals surface area contributed by atoms with E-state index in [0.29, 0.717) is 5.41 Å². The fraction of sp³-hybridized carbons (Fsp3) is 1.00. The van der Waals surface area contributed by atoms with E-state index in [1.807, 2.05) is 0 Å². The van der Waals surface area contributed by atoms with Crippen LogP contribution in [0.5, 0.6) is 0 Å². The van der Waals surface area contributed by atoms with Crippen molar-refractivity contribution >= 4 is 0 Å². The molecule has 0 amide bonds. The summed E-state index contributed by atoms with van der Waals surface area (Å²) in [5.41, 5.74) is 0.471. The molecule has 3 atom stereocenters. The lowest BCUT2D eigenvalue weighted by Gasteiger charge is -2.48. The first-order valence-corrected chi connectivity index (χ1v) is 8.89. The Morgan fingerprint density at radius 2 is 1.70 bits per heavy atom. The summed E-state index contributed by atoms with van der Waals surface area (Å²) in [4.78, 5) is 2.81. The fourth-order valence-electron chi connectivity index (χ4n) is 4.20. The largest absolute Gasteiger partial charge is 0.313 e. The highest BCUT2D eigenvalue weighted by Gasteiger charge is 2.38. The second-order valence-corrected chi connectivity index (χ2v) is 8.33. The Morgan fingerprint density at radius 1 is 1.05 bits per heavy atom. The van der Waals surface area contributed by atoms with Crippen LogP contribution in [-0.2, 0) is 0 Å². The minimum atomic E-state index is 0.471. The smallest absolute Gasteiger partial charge is 0.0252 e. The predicted octanol–water partition coefficient (Wildman–Crippen LogP) is 3.91. The molecule has 1 saturated heterocycles. The van der Waals surface area contributed by atoms with Crippen LogP contribution < -0.4 is 5.32 Å². The van der Waals surface area contributed by atoms with E-state index in [-0.39, 0.29) is 0 Å². The molecule has 1 aliphatic heterocycles. The summed E-state index contributed by atoms with van der Waals surface area (Å²) >= 11 is 0. The van der Waals surface area contributed by atoms with Gasteiger partial charge in [-0.25, -0.2) is 0 Å². The molecule has 0 spiro atoms. The Labute approximate surface area is 126 Å². The third kappa shape index (κ3) is 3.98. The zero-order valence-electron chi connectivity index (χ0n) is 14.4. The van der Waals surface area contributed by atoms with E-state index >= 15 is 0 Å². The number of likely N-dealkylation sites (N-methyl/N-ethyl adjacent to an activating group) is 1. The van der Waals surface area contributed by atoms with Crippen molar-refractivity contribution < 1.29 is 0 Å². The normalized spacial score (nSPS) is 34.4. The summed E-state index contributed by atoms with van der Waals surface area (Å²) in [6.45, 7) is 15.7. The van der Waals surface area contributed by atoms with E-state index in [4.69, 9.17) is 0 Å². The molecule has 0 aromatic carbocycles. The Bertz CT molecular complexity index is 286. The van der Waals surface area contributed by atoms with E-state index < -0.39 is 0 Å². The molecule has 1 heterocycles. The van der Waals surface area contributed by atoms with Crippen LogP contribution in [0.3, 0.4) is 0 Å². The van der Waals surface area contributed by atoms with Crippen LogP contribution >= 0.6 is 0 Å². The van der Waals surface area contributed by atoms with Gasteiger partial charge in [0.2, 0.25) is 0 Å². The van der Waals surface area contributed by atoms with E-state index in [9.17, 15) is 0 Å². The van der Waals surface area contributed by atoms with Crippen molar-refractivity contribution in [1.82, 2.24) is 10.2 Å². The first-order valence-electron chi connectivity index (χ1n) is 8.89. The van der Waals surface area contributed by atoms with Crippen molar-refractivity contribution in [3.05, 3.63) is 0 Å². The number of likely N-dealkylation sites (tertiary alicyclic amines) is 1. The monoisotopic (exact) mass is 280 g/mol. The van der Waals surface area contributed by atoms with E-state index in [0.717, 1.165) is 30.5 Å². The highest BCUT2D eigenvalue weighted by molar-refractivity contribution is 4.95. The highest BCUT2D eigenvalue weighted by Crippen LogP contribution is 2.40. The molecule has 118 valence electrons. The molecular formula is C18H36N2. The molecule has 1 saturated carbocycles. The first kappa shape index (κ1) is 16.3. The van der Waals surface area contributed by atoms with Crippen LogP contribution in [0, 0.1) is 17.3 Å². The molecule has 1 aliphatic carbocycles. The van der Waals surface area contributed by atoms with Crippen LogP contribution in [0.4, 0.5) is 0 Å². The summed E-state index contributed by atoms with van der Waals surface area (Å²) < 4.78 is 0. The average molecular weight is 281 g/mol. The summed E-state index contributed by atoms with van der Waals surface area (Å²) in [5, 5.41) is 3.77. The van der Waals surface area contributed by atoms with Crippen LogP contribution in [0.15, 0.2) is 0 Å². The topological polar surface area (TPSA) is 15.3 Å². The number of rotatable bonds is 3. The maximum atomic E-state index is 3.77. The quantitative estimate of drug-likeness (QED) is 0.843. The third-order valence-electron chi connectivity index (χ3n) is 5.79. The zero-order valence-corrected chi connectivity index (χ0v) is 14.4. The lowest BCUT2D eigenvalue weighted by molar-refractivity contribution is 0.0399. The van der Waals surface area contributed by atoms with Crippen LogP contribution in [-0.4, -0.2) is 36.6 Å². The van der Waals surface area contributed by atoms with E-state index in [1.165, 1.54) is 45.2 Å². The lowest BCUT2D eigenvalue weighted by Crippen LogP contribution is -2.56. The van der Waals surface area contributed by atoms with E-state index in [1.54, 1.807) is 0 Å². The third-order valence-corrected chi connectivity index (χ3v) is 5.79. The second kappa shape index (κ2) is 6.79. The van der Waals surface area contributed by atoms with Gasteiger partial charge in [0.1, 0.15) is 0 Å². The molecule has 0 aromatic rings. The molecule has 0 radical (unpaired) electrons. The summed E-state index contributed by atoms with van der Waals surface area (Å²) in [5.74, 6) is 1.83. The standard InChI is InChI=1S/C18H36N2/c1-6-19-16-8-7-15(18(3,4)5)13-17(16)20-11-9-14(2)10-12-20/h14-17,19H,6-13H2,1-5H3. The zero-order chi connectivity index (χ0) is 14.8. The minimum absolute atomic E-state index is 0.471. The van der Waals surface area contributed by atoms with Crippen molar-refractivity contribution in [1.29, 1.82) is 0 Å². The predicted molar refractivity (Wildman–Crippen MR) is 88.0 cm³/mol.